The second-order valence-electron chi connectivity index (χ2n) is 5.35. The molecule has 8 heteroatoms. The van der Waals surface area contributed by atoms with Crippen LogP contribution in [-0.4, -0.2) is 78.2 Å². The van der Waals surface area contributed by atoms with Crippen molar-refractivity contribution in [3.05, 3.63) is 0 Å². The Morgan fingerprint density at radius 1 is 1.48 bits per heavy atom. The van der Waals surface area contributed by atoms with E-state index in [4.69, 9.17) is 9.84 Å². The molecule has 0 spiro atoms. The highest BCUT2D eigenvalue weighted by Crippen LogP contribution is 2.22. The Morgan fingerprint density at radius 3 is 2.90 bits per heavy atom. The molecule has 2 aliphatic heterocycles. The van der Waals surface area contributed by atoms with Crippen LogP contribution < -0.4 is 5.32 Å². The van der Waals surface area contributed by atoms with Gasteiger partial charge in [-0.05, 0) is 6.42 Å². The second-order valence-corrected chi connectivity index (χ2v) is 5.35. The largest absolute Gasteiger partial charge is 0.480 e. The minimum Gasteiger partial charge on any atom is -0.480 e. The molecule has 2 rings (SSSR count). The molecule has 0 aliphatic carbocycles. The number of nitrogens with one attached hydrogen (secondary N) is 1. The van der Waals surface area contributed by atoms with Gasteiger partial charge in [-0.15, -0.1) is 0 Å². The first-order valence-corrected chi connectivity index (χ1v) is 7.09. The fourth-order valence-corrected chi connectivity index (χ4v) is 2.78. The number of amides is 3. The lowest BCUT2D eigenvalue weighted by atomic mass is 10.1. The highest BCUT2D eigenvalue weighted by molar-refractivity contribution is 5.83. The quantitative estimate of drug-likeness (QED) is 0.712. The maximum absolute atomic E-state index is 12.2. The van der Waals surface area contributed by atoms with Gasteiger partial charge in [-0.1, -0.05) is 0 Å². The van der Waals surface area contributed by atoms with E-state index in [1.54, 1.807) is 4.90 Å². The molecule has 0 bridgehead atoms. The second kappa shape index (κ2) is 6.75. The van der Waals surface area contributed by atoms with Crippen LogP contribution in [-0.2, 0) is 14.3 Å². The lowest BCUT2D eigenvalue weighted by molar-refractivity contribution is -0.139. The van der Waals surface area contributed by atoms with Crippen molar-refractivity contribution in [2.24, 2.45) is 0 Å². The predicted molar refractivity (Wildman–Crippen MR) is 72.8 cm³/mol. The third-order valence-corrected chi connectivity index (χ3v) is 3.99. The van der Waals surface area contributed by atoms with Crippen molar-refractivity contribution in [2.45, 2.75) is 31.3 Å². The number of carbonyl (C=O) groups excluding carboxylic acids is 2. The number of urea groups is 1. The molecule has 2 fully saturated rings. The van der Waals surface area contributed by atoms with Crippen LogP contribution in [0.5, 0.6) is 0 Å². The van der Waals surface area contributed by atoms with E-state index in [1.807, 2.05) is 4.90 Å². The minimum atomic E-state index is -1.07. The standard InChI is InChI=1S/C13H21N3O5/c1-21-7-4-10(12(18)19)14-13(20)15-5-6-16-9(8-15)2-3-11(16)17/h9-10H,2-8H2,1H3,(H,14,20)(H,18,19). The first-order valence-electron chi connectivity index (χ1n) is 7.09. The number of carboxylic acids is 1. The predicted octanol–water partition coefficient (Wildman–Crippen LogP) is -0.508. The Morgan fingerprint density at radius 2 is 2.24 bits per heavy atom. The fraction of sp³-hybridized carbons (Fsp3) is 0.769. The Kier molecular flexibility index (Phi) is 5.00. The zero-order chi connectivity index (χ0) is 15.4. The van der Waals surface area contributed by atoms with E-state index in [9.17, 15) is 14.4 Å². The minimum absolute atomic E-state index is 0.0688. The molecular formula is C13H21N3O5. The van der Waals surface area contributed by atoms with Crippen LogP contribution in [0.3, 0.4) is 0 Å². The molecule has 0 radical (unpaired) electrons. The maximum atomic E-state index is 12.2. The summed E-state index contributed by atoms with van der Waals surface area (Å²) >= 11 is 0. The monoisotopic (exact) mass is 299 g/mol. The Hall–Kier alpha value is -1.83. The zero-order valence-electron chi connectivity index (χ0n) is 12.1. The number of carboxylic acid groups (broad SMARTS) is 1. The van der Waals surface area contributed by atoms with E-state index in [0.29, 0.717) is 26.1 Å². The molecule has 0 saturated carbocycles. The normalized spacial score (nSPS) is 22.9. The van der Waals surface area contributed by atoms with Gasteiger partial charge >= 0.3 is 12.0 Å². The van der Waals surface area contributed by atoms with Gasteiger partial charge < -0.3 is 25.0 Å². The highest BCUT2D eigenvalue weighted by Gasteiger charge is 2.37. The van der Waals surface area contributed by atoms with Crippen LogP contribution in [0.15, 0.2) is 0 Å². The van der Waals surface area contributed by atoms with Gasteiger partial charge in [0.05, 0.1) is 0 Å². The number of hydrogen-bond donors (Lipinski definition) is 2. The molecule has 0 aromatic heterocycles. The SMILES string of the molecule is COCCC(NC(=O)N1CCN2C(=O)CCC2C1)C(=O)O. The summed E-state index contributed by atoms with van der Waals surface area (Å²) in [5.74, 6) is -0.932. The first kappa shape index (κ1) is 15.6. The molecular weight excluding hydrogens is 278 g/mol. The summed E-state index contributed by atoms with van der Waals surface area (Å²) in [4.78, 5) is 38.2. The van der Waals surface area contributed by atoms with E-state index in [2.05, 4.69) is 5.32 Å². The van der Waals surface area contributed by atoms with Gasteiger partial charge in [-0.2, -0.15) is 0 Å². The van der Waals surface area contributed by atoms with Gasteiger partial charge in [0.25, 0.3) is 0 Å². The molecule has 2 N–H and O–H groups in total. The van der Waals surface area contributed by atoms with Crippen LogP contribution >= 0.6 is 0 Å². The van der Waals surface area contributed by atoms with Gasteiger partial charge in [0.15, 0.2) is 0 Å². The van der Waals surface area contributed by atoms with E-state index in [1.165, 1.54) is 7.11 Å². The van der Waals surface area contributed by atoms with Gasteiger partial charge in [0, 0.05) is 52.2 Å². The summed E-state index contributed by atoms with van der Waals surface area (Å²) in [5, 5.41) is 11.6. The summed E-state index contributed by atoms with van der Waals surface area (Å²) in [6.07, 6.45) is 1.51. The molecule has 2 unspecified atom stereocenters. The topological polar surface area (TPSA) is 99.2 Å². The number of fused-ring (bicyclic) bond motifs is 1. The molecule has 118 valence electrons. The van der Waals surface area contributed by atoms with Crippen LogP contribution in [0.25, 0.3) is 0 Å². The van der Waals surface area contributed by atoms with E-state index >= 15 is 0 Å². The summed E-state index contributed by atoms with van der Waals surface area (Å²) in [7, 11) is 1.48. The van der Waals surface area contributed by atoms with Crippen LogP contribution in [0, 0.1) is 0 Å². The maximum Gasteiger partial charge on any atom is 0.326 e. The van der Waals surface area contributed by atoms with E-state index in [-0.39, 0.29) is 25.0 Å². The number of hydrogen-bond acceptors (Lipinski definition) is 4. The molecule has 2 heterocycles. The van der Waals surface area contributed by atoms with Gasteiger partial charge in [-0.25, -0.2) is 9.59 Å². The van der Waals surface area contributed by atoms with Crippen LogP contribution in [0.4, 0.5) is 4.79 Å². The lowest BCUT2D eigenvalue weighted by Crippen LogP contribution is -2.57. The smallest absolute Gasteiger partial charge is 0.326 e. The van der Waals surface area contributed by atoms with Gasteiger partial charge in [0.1, 0.15) is 6.04 Å². The number of rotatable bonds is 5. The Bertz CT molecular complexity index is 428. The van der Waals surface area contributed by atoms with Crippen molar-refractivity contribution in [3.63, 3.8) is 0 Å². The summed E-state index contributed by atoms with van der Waals surface area (Å²) in [6.45, 7) is 1.69. The number of aliphatic carboxylic acids is 1. The molecule has 0 aromatic rings. The molecule has 0 aromatic carbocycles. The fourth-order valence-electron chi connectivity index (χ4n) is 2.78. The molecule has 21 heavy (non-hydrogen) atoms. The van der Waals surface area contributed by atoms with E-state index in [0.717, 1.165) is 6.42 Å². The summed E-state index contributed by atoms with van der Waals surface area (Å²) in [5.41, 5.74) is 0. The molecule has 2 saturated heterocycles. The van der Waals surface area contributed by atoms with Gasteiger partial charge in [-0.3, -0.25) is 4.79 Å². The van der Waals surface area contributed by atoms with Crippen LogP contribution in [0.1, 0.15) is 19.3 Å². The first-order chi connectivity index (χ1) is 10.0. The number of carbonyl (C=O) groups is 3. The lowest BCUT2D eigenvalue weighted by Gasteiger charge is -2.37. The number of piperazine rings is 1. The van der Waals surface area contributed by atoms with Gasteiger partial charge in [0.2, 0.25) is 5.91 Å². The van der Waals surface area contributed by atoms with Crippen molar-refractivity contribution < 1.29 is 24.2 Å². The molecule has 3 amide bonds. The van der Waals surface area contributed by atoms with Crippen molar-refractivity contribution >= 4 is 17.9 Å². The Balaban J connectivity index is 1.88. The number of ether oxygens (including phenoxy) is 1. The summed E-state index contributed by atoms with van der Waals surface area (Å²) < 4.78 is 4.85. The Labute approximate surface area is 123 Å². The number of nitrogens with zero attached hydrogens (tertiary/aromatic N) is 2. The highest BCUT2D eigenvalue weighted by atomic mass is 16.5. The third-order valence-electron chi connectivity index (χ3n) is 3.99. The third kappa shape index (κ3) is 3.63. The summed E-state index contributed by atoms with van der Waals surface area (Å²) in [6, 6.07) is -1.28. The van der Waals surface area contributed by atoms with E-state index < -0.39 is 18.0 Å². The average molecular weight is 299 g/mol. The number of methoxy groups -OCH3 is 1. The average Bonchev–Trinajstić information content (AvgIpc) is 2.84. The van der Waals surface area contributed by atoms with Crippen molar-refractivity contribution in [3.8, 4) is 0 Å². The van der Waals surface area contributed by atoms with Crippen molar-refractivity contribution in [1.29, 1.82) is 0 Å². The zero-order valence-corrected chi connectivity index (χ0v) is 12.1. The van der Waals surface area contributed by atoms with Crippen molar-refractivity contribution in [2.75, 3.05) is 33.4 Å². The molecule has 8 nitrogen and oxygen atoms in total. The molecule has 2 atom stereocenters. The van der Waals surface area contributed by atoms with Crippen molar-refractivity contribution in [1.82, 2.24) is 15.1 Å². The van der Waals surface area contributed by atoms with Crippen LogP contribution in [0.2, 0.25) is 0 Å². The molecule has 2 aliphatic rings.